The first kappa shape index (κ1) is 12.8. The van der Waals surface area contributed by atoms with Crippen molar-refractivity contribution in [1.29, 1.82) is 0 Å². The van der Waals surface area contributed by atoms with Crippen molar-refractivity contribution in [2.24, 2.45) is 0 Å². The molecule has 2 N–H and O–H groups in total. The van der Waals surface area contributed by atoms with E-state index in [9.17, 15) is 0 Å². The van der Waals surface area contributed by atoms with Crippen molar-refractivity contribution in [2.45, 2.75) is 9.92 Å². The first-order valence-corrected chi connectivity index (χ1v) is 6.56. The molecule has 0 radical (unpaired) electrons. The number of benzene rings is 1. The quantitative estimate of drug-likeness (QED) is 0.812. The Labute approximate surface area is 118 Å². The van der Waals surface area contributed by atoms with Crippen LogP contribution < -0.4 is 5.73 Å². The molecule has 2 nitrogen and oxygen atoms in total. The van der Waals surface area contributed by atoms with Gasteiger partial charge in [0.25, 0.3) is 0 Å². The van der Waals surface area contributed by atoms with Gasteiger partial charge in [0.15, 0.2) is 0 Å². The van der Waals surface area contributed by atoms with Crippen LogP contribution in [0.3, 0.4) is 0 Å². The van der Waals surface area contributed by atoms with Crippen molar-refractivity contribution < 1.29 is 0 Å². The summed E-state index contributed by atoms with van der Waals surface area (Å²) in [6.45, 7) is 0. The summed E-state index contributed by atoms with van der Waals surface area (Å²) in [5.74, 6) is 0. The maximum Gasteiger partial charge on any atom is 0.130 e. The van der Waals surface area contributed by atoms with Gasteiger partial charge in [-0.1, -0.05) is 46.6 Å². The predicted molar refractivity (Wildman–Crippen MR) is 74.2 cm³/mol. The SMILES string of the molecule is Nc1ccc(Cl)nc1Sc1ccc(Cl)c(Cl)c1. The van der Waals surface area contributed by atoms with Crippen LogP contribution in [0.15, 0.2) is 40.3 Å². The molecule has 6 heteroatoms. The Hall–Kier alpha value is -0.610. The van der Waals surface area contributed by atoms with Gasteiger partial charge in [0.1, 0.15) is 10.2 Å². The summed E-state index contributed by atoms with van der Waals surface area (Å²) >= 11 is 19.0. The molecule has 0 fully saturated rings. The number of pyridine rings is 1. The molecule has 0 aliphatic carbocycles. The van der Waals surface area contributed by atoms with Gasteiger partial charge in [0, 0.05) is 4.90 Å². The zero-order valence-corrected chi connectivity index (χ0v) is 11.5. The lowest BCUT2D eigenvalue weighted by Crippen LogP contribution is -1.91. The fourth-order valence-electron chi connectivity index (χ4n) is 1.16. The lowest BCUT2D eigenvalue weighted by atomic mass is 10.4. The van der Waals surface area contributed by atoms with Gasteiger partial charge in [-0.3, -0.25) is 0 Å². The van der Waals surface area contributed by atoms with E-state index >= 15 is 0 Å². The summed E-state index contributed by atoms with van der Waals surface area (Å²) in [5.41, 5.74) is 6.38. The van der Waals surface area contributed by atoms with Gasteiger partial charge < -0.3 is 5.73 Å². The monoisotopic (exact) mass is 304 g/mol. The number of hydrogen-bond acceptors (Lipinski definition) is 3. The number of aromatic nitrogens is 1. The number of nitrogens with zero attached hydrogens (tertiary/aromatic N) is 1. The van der Waals surface area contributed by atoms with Gasteiger partial charge in [0.05, 0.1) is 15.7 Å². The summed E-state index contributed by atoms with van der Waals surface area (Å²) in [6.07, 6.45) is 0. The molecule has 0 unspecified atom stereocenters. The first-order valence-electron chi connectivity index (χ1n) is 4.61. The Morgan fingerprint density at radius 1 is 1.00 bits per heavy atom. The molecular weight excluding hydrogens is 299 g/mol. The maximum absolute atomic E-state index is 5.93. The van der Waals surface area contributed by atoms with E-state index in [1.54, 1.807) is 24.3 Å². The highest BCUT2D eigenvalue weighted by molar-refractivity contribution is 7.99. The molecule has 88 valence electrons. The molecule has 0 aliphatic rings. The van der Waals surface area contributed by atoms with Gasteiger partial charge in [-0.05, 0) is 30.3 Å². The van der Waals surface area contributed by atoms with Crippen LogP contribution >= 0.6 is 46.6 Å². The summed E-state index contributed by atoms with van der Waals surface area (Å²) < 4.78 is 0. The summed E-state index contributed by atoms with van der Waals surface area (Å²) in [6, 6.07) is 8.70. The third kappa shape index (κ3) is 3.19. The molecule has 1 aromatic heterocycles. The van der Waals surface area contributed by atoms with E-state index in [-0.39, 0.29) is 0 Å². The smallest absolute Gasteiger partial charge is 0.130 e. The Morgan fingerprint density at radius 2 is 1.76 bits per heavy atom. The summed E-state index contributed by atoms with van der Waals surface area (Å²) in [5, 5.41) is 2.07. The van der Waals surface area contributed by atoms with Gasteiger partial charge in [-0.15, -0.1) is 0 Å². The molecule has 0 atom stereocenters. The minimum Gasteiger partial charge on any atom is -0.397 e. The normalized spacial score (nSPS) is 10.5. The minimum atomic E-state index is 0.404. The van der Waals surface area contributed by atoms with Gasteiger partial charge in [0.2, 0.25) is 0 Å². The second kappa shape index (κ2) is 5.36. The third-order valence-electron chi connectivity index (χ3n) is 1.96. The highest BCUT2D eigenvalue weighted by atomic mass is 35.5. The number of nitrogen functional groups attached to an aromatic ring is 1. The van der Waals surface area contributed by atoms with Crippen LogP contribution in [-0.4, -0.2) is 4.98 Å². The highest BCUT2D eigenvalue weighted by Gasteiger charge is 2.06. The topological polar surface area (TPSA) is 38.9 Å². The van der Waals surface area contributed by atoms with E-state index in [2.05, 4.69) is 4.98 Å². The molecule has 0 aliphatic heterocycles. The van der Waals surface area contributed by atoms with Crippen molar-refractivity contribution in [2.75, 3.05) is 5.73 Å². The molecule has 0 saturated heterocycles. The van der Waals surface area contributed by atoms with Crippen molar-refractivity contribution in [3.8, 4) is 0 Å². The largest absolute Gasteiger partial charge is 0.397 e. The lowest BCUT2D eigenvalue weighted by Gasteiger charge is -2.05. The van der Waals surface area contributed by atoms with Crippen molar-refractivity contribution in [1.82, 2.24) is 4.98 Å². The van der Waals surface area contributed by atoms with Crippen LogP contribution in [0.25, 0.3) is 0 Å². The average molecular weight is 306 g/mol. The number of halogens is 3. The van der Waals surface area contributed by atoms with Gasteiger partial charge in [-0.2, -0.15) is 0 Å². The number of nitrogens with two attached hydrogens (primary N) is 1. The first-order chi connectivity index (χ1) is 8.06. The number of hydrogen-bond donors (Lipinski definition) is 1. The molecule has 1 aromatic carbocycles. The Morgan fingerprint density at radius 3 is 2.47 bits per heavy atom. The zero-order chi connectivity index (χ0) is 12.4. The molecular formula is C11H7Cl3N2S. The van der Waals surface area contributed by atoms with E-state index in [1.807, 2.05) is 6.07 Å². The second-order valence-corrected chi connectivity index (χ2v) is 5.47. The fourth-order valence-corrected chi connectivity index (χ4v) is 2.59. The van der Waals surface area contributed by atoms with E-state index in [4.69, 9.17) is 40.5 Å². The molecule has 17 heavy (non-hydrogen) atoms. The van der Waals surface area contributed by atoms with E-state index in [0.717, 1.165) is 4.90 Å². The van der Waals surface area contributed by atoms with Crippen LogP contribution in [0.1, 0.15) is 0 Å². The number of rotatable bonds is 2. The van der Waals surface area contributed by atoms with Crippen molar-refractivity contribution in [3.63, 3.8) is 0 Å². The van der Waals surface area contributed by atoms with Crippen LogP contribution in [-0.2, 0) is 0 Å². The predicted octanol–water partition coefficient (Wildman–Crippen LogP) is 4.78. The Kier molecular flexibility index (Phi) is 4.05. The minimum absolute atomic E-state index is 0.404. The summed E-state index contributed by atoms with van der Waals surface area (Å²) in [4.78, 5) is 5.05. The second-order valence-electron chi connectivity index (χ2n) is 3.21. The molecule has 1 heterocycles. The molecule has 2 rings (SSSR count). The van der Waals surface area contributed by atoms with E-state index in [0.29, 0.717) is 25.9 Å². The maximum atomic E-state index is 5.93. The molecule has 0 spiro atoms. The molecule has 0 bridgehead atoms. The average Bonchev–Trinajstić information content (AvgIpc) is 2.29. The lowest BCUT2D eigenvalue weighted by molar-refractivity contribution is 1.14. The molecule has 2 aromatic rings. The van der Waals surface area contributed by atoms with Gasteiger partial charge >= 0.3 is 0 Å². The van der Waals surface area contributed by atoms with Crippen LogP contribution in [0, 0.1) is 0 Å². The van der Waals surface area contributed by atoms with E-state index in [1.165, 1.54) is 11.8 Å². The van der Waals surface area contributed by atoms with Crippen molar-refractivity contribution >= 4 is 52.3 Å². The fraction of sp³-hybridized carbons (Fsp3) is 0. The van der Waals surface area contributed by atoms with Gasteiger partial charge in [-0.25, -0.2) is 4.98 Å². The van der Waals surface area contributed by atoms with Crippen LogP contribution in [0.5, 0.6) is 0 Å². The van der Waals surface area contributed by atoms with E-state index < -0.39 is 0 Å². The third-order valence-corrected chi connectivity index (χ3v) is 3.92. The molecule has 0 amide bonds. The standard InChI is InChI=1S/C11H7Cl3N2S/c12-7-2-1-6(5-8(7)13)17-11-9(15)3-4-10(14)16-11/h1-5H,15H2. The van der Waals surface area contributed by atoms with Crippen LogP contribution in [0.2, 0.25) is 15.2 Å². The highest BCUT2D eigenvalue weighted by Crippen LogP contribution is 2.34. The molecule has 0 saturated carbocycles. The van der Waals surface area contributed by atoms with Crippen LogP contribution in [0.4, 0.5) is 5.69 Å². The summed E-state index contributed by atoms with van der Waals surface area (Å²) in [7, 11) is 0. The Bertz CT molecular complexity index is 560. The Balaban J connectivity index is 2.31. The van der Waals surface area contributed by atoms with Crippen molar-refractivity contribution in [3.05, 3.63) is 45.5 Å². The zero-order valence-electron chi connectivity index (χ0n) is 8.45. The number of anilines is 1.